The summed E-state index contributed by atoms with van der Waals surface area (Å²) >= 11 is 0. The third kappa shape index (κ3) is 4.25. The first-order valence-electron chi connectivity index (χ1n) is 7.12. The number of ether oxygens (including phenoxy) is 3. The Bertz CT molecular complexity index is 716. The van der Waals surface area contributed by atoms with Gasteiger partial charge in [-0.3, -0.25) is 4.79 Å². The van der Waals surface area contributed by atoms with Gasteiger partial charge in [-0.05, 0) is 48.0 Å². The maximum Gasteiger partial charge on any atom is 0.248 e. The number of amides is 1. The van der Waals surface area contributed by atoms with Crippen LogP contribution < -0.4 is 19.5 Å². The number of anilines is 1. The maximum absolute atomic E-state index is 12.8. The molecular formula is C18H18FNO4. The summed E-state index contributed by atoms with van der Waals surface area (Å²) in [6.07, 6.45) is 2.98. The van der Waals surface area contributed by atoms with E-state index >= 15 is 0 Å². The van der Waals surface area contributed by atoms with Crippen LogP contribution in [0.5, 0.6) is 17.2 Å². The predicted molar refractivity (Wildman–Crippen MR) is 90.2 cm³/mol. The van der Waals surface area contributed by atoms with Gasteiger partial charge in [-0.15, -0.1) is 0 Å². The van der Waals surface area contributed by atoms with E-state index in [0.717, 1.165) is 0 Å². The topological polar surface area (TPSA) is 56.8 Å². The maximum atomic E-state index is 12.8. The first-order chi connectivity index (χ1) is 11.6. The lowest BCUT2D eigenvalue weighted by Crippen LogP contribution is -2.07. The summed E-state index contributed by atoms with van der Waals surface area (Å²) in [5.41, 5.74) is 1.22. The lowest BCUT2D eigenvalue weighted by molar-refractivity contribution is -0.111. The van der Waals surface area contributed by atoms with E-state index in [2.05, 4.69) is 5.32 Å². The van der Waals surface area contributed by atoms with Crippen molar-refractivity contribution in [2.24, 2.45) is 0 Å². The molecule has 0 aliphatic rings. The standard InChI is InChI=1S/C18H18FNO4/c1-22-15-10-12(11-16(23-2)18(15)24-3)4-9-17(21)20-14-7-5-13(19)6-8-14/h4-11H,1-3H3,(H,20,21)/b9-4-. The molecule has 0 aliphatic carbocycles. The Morgan fingerprint density at radius 2 is 1.58 bits per heavy atom. The van der Waals surface area contributed by atoms with E-state index in [1.807, 2.05) is 0 Å². The molecule has 0 atom stereocenters. The number of hydrogen-bond acceptors (Lipinski definition) is 4. The first kappa shape index (κ1) is 17.3. The van der Waals surface area contributed by atoms with E-state index in [9.17, 15) is 9.18 Å². The Morgan fingerprint density at radius 3 is 2.08 bits per heavy atom. The highest BCUT2D eigenvalue weighted by Crippen LogP contribution is 2.38. The molecule has 6 heteroatoms. The van der Waals surface area contributed by atoms with Gasteiger partial charge in [-0.2, -0.15) is 0 Å². The largest absolute Gasteiger partial charge is 0.493 e. The predicted octanol–water partition coefficient (Wildman–Crippen LogP) is 3.50. The number of hydrogen-bond donors (Lipinski definition) is 1. The van der Waals surface area contributed by atoms with Crippen molar-refractivity contribution < 1.29 is 23.4 Å². The van der Waals surface area contributed by atoms with Crippen LogP contribution in [0.1, 0.15) is 5.56 Å². The zero-order chi connectivity index (χ0) is 17.5. The summed E-state index contributed by atoms with van der Waals surface area (Å²) in [6.45, 7) is 0. The quantitative estimate of drug-likeness (QED) is 0.823. The van der Waals surface area contributed by atoms with Crippen LogP contribution in [0, 0.1) is 5.82 Å². The second kappa shape index (κ2) is 8.01. The average molecular weight is 331 g/mol. The molecule has 0 heterocycles. The van der Waals surface area contributed by atoms with Crippen molar-refractivity contribution in [3.63, 3.8) is 0 Å². The Labute approximate surface area is 139 Å². The minimum absolute atomic E-state index is 0.338. The molecule has 5 nitrogen and oxygen atoms in total. The summed E-state index contributed by atoms with van der Waals surface area (Å²) in [5.74, 6) is 0.773. The molecule has 2 aromatic carbocycles. The summed E-state index contributed by atoms with van der Waals surface area (Å²) in [4.78, 5) is 11.9. The molecule has 0 bridgehead atoms. The highest BCUT2D eigenvalue weighted by Gasteiger charge is 2.12. The van der Waals surface area contributed by atoms with Gasteiger partial charge in [0.1, 0.15) is 5.82 Å². The van der Waals surface area contributed by atoms with Crippen LogP contribution in [0.25, 0.3) is 6.08 Å². The van der Waals surface area contributed by atoms with E-state index in [1.165, 1.54) is 51.7 Å². The van der Waals surface area contributed by atoms with Crippen LogP contribution >= 0.6 is 0 Å². The van der Waals surface area contributed by atoms with Gasteiger partial charge in [0.25, 0.3) is 0 Å². The number of rotatable bonds is 6. The molecular weight excluding hydrogens is 313 g/mol. The molecule has 24 heavy (non-hydrogen) atoms. The normalized spacial score (nSPS) is 10.5. The summed E-state index contributed by atoms with van der Waals surface area (Å²) < 4.78 is 28.6. The van der Waals surface area contributed by atoms with Crippen molar-refractivity contribution in [2.45, 2.75) is 0 Å². The molecule has 2 rings (SSSR count). The van der Waals surface area contributed by atoms with Crippen LogP contribution in [0.4, 0.5) is 10.1 Å². The van der Waals surface area contributed by atoms with Crippen molar-refractivity contribution in [3.8, 4) is 17.2 Å². The van der Waals surface area contributed by atoms with E-state index in [4.69, 9.17) is 14.2 Å². The summed E-state index contributed by atoms with van der Waals surface area (Å²) in [5, 5.41) is 2.64. The van der Waals surface area contributed by atoms with Gasteiger partial charge in [0.2, 0.25) is 11.7 Å². The molecule has 0 spiro atoms. The molecule has 0 saturated heterocycles. The Hall–Kier alpha value is -3.02. The number of carbonyl (C=O) groups is 1. The van der Waals surface area contributed by atoms with E-state index < -0.39 is 0 Å². The van der Waals surface area contributed by atoms with Gasteiger partial charge >= 0.3 is 0 Å². The highest BCUT2D eigenvalue weighted by molar-refractivity contribution is 6.02. The van der Waals surface area contributed by atoms with Gasteiger partial charge in [-0.1, -0.05) is 0 Å². The summed E-state index contributed by atoms with van der Waals surface area (Å²) in [7, 11) is 4.56. The van der Waals surface area contributed by atoms with Gasteiger partial charge in [0.15, 0.2) is 11.5 Å². The van der Waals surface area contributed by atoms with Crippen LogP contribution in [0.15, 0.2) is 42.5 Å². The minimum atomic E-state index is -0.360. The summed E-state index contributed by atoms with van der Waals surface area (Å²) in [6, 6.07) is 8.98. The third-order valence-corrected chi connectivity index (χ3v) is 3.23. The number of nitrogens with one attached hydrogen (secondary N) is 1. The number of carbonyl (C=O) groups excluding carboxylic acids is 1. The fraction of sp³-hybridized carbons (Fsp3) is 0.167. The number of halogens is 1. The molecule has 2 aromatic rings. The van der Waals surface area contributed by atoms with Crippen LogP contribution in [0.3, 0.4) is 0 Å². The fourth-order valence-electron chi connectivity index (χ4n) is 2.09. The molecule has 1 N–H and O–H groups in total. The Kier molecular flexibility index (Phi) is 5.78. The van der Waals surface area contributed by atoms with Gasteiger partial charge < -0.3 is 19.5 Å². The lowest BCUT2D eigenvalue weighted by Gasteiger charge is -2.12. The molecule has 0 unspecified atom stereocenters. The smallest absolute Gasteiger partial charge is 0.248 e. The van der Waals surface area contributed by atoms with Crippen LogP contribution in [0.2, 0.25) is 0 Å². The van der Waals surface area contributed by atoms with Crippen LogP contribution in [-0.2, 0) is 4.79 Å². The van der Waals surface area contributed by atoms with Gasteiger partial charge in [0, 0.05) is 11.8 Å². The monoisotopic (exact) mass is 331 g/mol. The van der Waals surface area contributed by atoms with E-state index in [-0.39, 0.29) is 11.7 Å². The van der Waals surface area contributed by atoms with Crippen molar-refractivity contribution in [3.05, 3.63) is 53.9 Å². The molecule has 0 aromatic heterocycles. The highest BCUT2D eigenvalue weighted by atomic mass is 19.1. The molecule has 126 valence electrons. The van der Waals surface area contributed by atoms with Gasteiger partial charge in [-0.25, -0.2) is 4.39 Å². The van der Waals surface area contributed by atoms with E-state index in [1.54, 1.807) is 18.2 Å². The van der Waals surface area contributed by atoms with E-state index in [0.29, 0.717) is 28.5 Å². The van der Waals surface area contributed by atoms with Crippen molar-refractivity contribution in [1.82, 2.24) is 0 Å². The SMILES string of the molecule is COc1cc(/C=C\C(=O)Nc2ccc(F)cc2)cc(OC)c1OC. The van der Waals surface area contributed by atoms with Gasteiger partial charge in [0.05, 0.1) is 21.3 Å². The Balaban J connectivity index is 2.15. The minimum Gasteiger partial charge on any atom is -0.493 e. The Morgan fingerprint density at radius 1 is 1.00 bits per heavy atom. The van der Waals surface area contributed by atoms with Crippen molar-refractivity contribution in [1.29, 1.82) is 0 Å². The zero-order valence-electron chi connectivity index (χ0n) is 13.6. The molecule has 0 fully saturated rings. The third-order valence-electron chi connectivity index (χ3n) is 3.23. The average Bonchev–Trinajstić information content (AvgIpc) is 2.60. The number of benzene rings is 2. The van der Waals surface area contributed by atoms with Crippen LogP contribution in [-0.4, -0.2) is 27.2 Å². The zero-order valence-corrected chi connectivity index (χ0v) is 13.6. The van der Waals surface area contributed by atoms with Crippen molar-refractivity contribution in [2.75, 3.05) is 26.6 Å². The lowest BCUT2D eigenvalue weighted by atomic mass is 10.1. The van der Waals surface area contributed by atoms with Crippen molar-refractivity contribution >= 4 is 17.7 Å². The molecule has 0 radical (unpaired) electrons. The molecule has 0 saturated carbocycles. The fourth-order valence-corrected chi connectivity index (χ4v) is 2.09. The molecule has 1 amide bonds. The number of methoxy groups -OCH3 is 3. The first-order valence-corrected chi connectivity index (χ1v) is 7.12. The second-order valence-electron chi connectivity index (χ2n) is 4.79. The second-order valence-corrected chi connectivity index (χ2v) is 4.79. The molecule has 0 aliphatic heterocycles.